The van der Waals surface area contributed by atoms with Gasteiger partial charge in [-0.15, -0.1) is 0 Å². The molecule has 0 atom stereocenters. The zero-order valence-corrected chi connectivity index (χ0v) is 10.6. The highest BCUT2D eigenvalue weighted by molar-refractivity contribution is 5.77. The Labute approximate surface area is 105 Å². The molecular formula is C13H15FN2O2. The number of anilines is 1. The van der Waals surface area contributed by atoms with Crippen molar-refractivity contribution in [1.82, 2.24) is 5.16 Å². The predicted molar refractivity (Wildman–Crippen MR) is 67.0 cm³/mol. The van der Waals surface area contributed by atoms with Crippen molar-refractivity contribution in [3.8, 4) is 16.9 Å². The SMILES string of the molecule is CCc1c(-c2cnoc2N)cc(F)c(C)c1OC. The second-order valence-electron chi connectivity index (χ2n) is 4.00. The van der Waals surface area contributed by atoms with Crippen molar-refractivity contribution in [2.24, 2.45) is 0 Å². The second-order valence-corrected chi connectivity index (χ2v) is 4.00. The molecule has 0 aliphatic carbocycles. The number of methoxy groups -OCH3 is 1. The zero-order chi connectivity index (χ0) is 13.3. The molecule has 0 unspecified atom stereocenters. The smallest absolute Gasteiger partial charge is 0.229 e. The van der Waals surface area contributed by atoms with Crippen LogP contribution in [-0.4, -0.2) is 12.3 Å². The third-order valence-corrected chi connectivity index (χ3v) is 3.02. The van der Waals surface area contributed by atoms with Crippen molar-refractivity contribution in [2.75, 3.05) is 12.8 Å². The monoisotopic (exact) mass is 250 g/mol. The van der Waals surface area contributed by atoms with E-state index in [9.17, 15) is 4.39 Å². The van der Waals surface area contributed by atoms with Gasteiger partial charge in [0.2, 0.25) is 5.88 Å². The highest BCUT2D eigenvalue weighted by Crippen LogP contribution is 2.37. The highest BCUT2D eigenvalue weighted by atomic mass is 19.1. The van der Waals surface area contributed by atoms with Crippen LogP contribution in [0.2, 0.25) is 0 Å². The van der Waals surface area contributed by atoms with Crippen LogP contribution in [0, 0.1) is 12.7 Å². The molecule has 96 valence electrons. The minimum absolute atomic E-state index is 0.176. The lowest BCUT2D eigenvalue weighted by Gasteiger charge is -2.15. The topological polar surface area (TPSA) is 61.3 Å². The molecule has 0 spiro atoms. The summed E-state index contributed by atoms with van der Waals surface area (Å²) in [4.78, 5) is 0. The molecule has 0 aliphatic rings. The van der Waals surface area contributed by atoms with Crippen molar-refractivity contribution < 1.29 is 13.7 Å². The molecule has 0 fully saturated rings. The summed E-state index contributed by atoms with van der Waals surface area (Å²) in [7, 11) is 1.53. The Morgan fingerprint density at radius 1 is 1.44 bits per heavy atom. The van der Waals surface area contributed by atoms with Crippen LogP contribution in [0.25, 0.3) is 11.1 Å². The lowest BCUT2D eigenvalue weighted by Crippen LogP contribution is -2.00. The standard InChI is InChI=1S/C13H15FN2O2/c1-4-8-9(10-6-16-18-13(10)15)5-11(14)7(2)12(8)17-3/h5-6H,4,15H2,1-3H3. The van der Waals surface area contributed by atoms with E-state index in [0.29, 0.717) is 28.9 Å². The minimum Gasteiger partial charge on any atom is -0.496 e. The van der Waals surface area contributed by atoms with Crippen LogP contribution < -0.4 is 10.5 Å². The van der Waals surface area contributed by atoms with Gasteiger partial charge in [0.15, 0.2) is 0 Å². The Hall–Kier alpha value is -2.04. The molecule has 1 aromatic heterocycles. The lowest BCUT2D eigenvalue weighted by molar-refractivity contribution is 0.403. The van der Waals surface area contributed by atoms with Gasteiger partial charge in [-0.2, -0.15) is 0 Å². The number of nitrogen functional groups attached to an aromatic ring is 1. The summed E-state index contributed by atoms with van der Waals surface area (Å²) in [5.74, 6) is 0.391. The number of benzene rings is 1. The molecule has 1 heterocycles. The number of ether oxygens (including phenoxy) is 1. The average molecular weight is 250 g/mol. The van der Waals surface area contributed by atoms with Crippen molar-refractivity contribution in [2.45, 2.75) is 20.3 Å². The van der Waals surface area contributed by atoms with Crippen LogP contribution in [0.3, 0.4) is 0 Å². The van der Waals surface area contributed by atoms with Gasteiger partial charge in [0.1, 0.15) is 11.6 Å². The van der Waals surface area contributed by atoms with Crippen molar-refractivity contribution in [3.05, 3.63) is 29.2 Å². The third kappa shape index (κ3) is 1.81. The Kier molecular flexibility index (Phi) is 3.23. The predicted octanol–water partition coefficient (Wildman–Crippen LogP) is 2.94. The summed E-state index contributed by atoms with van der Waals surface area (Å²) in [6, 6.07) is 1.44. The minimum atomic E-state index is -0.334. The van der Waals surface area contributed by atoms with Gasteiger partial charge in [-0.05, 0) is 25.0 Å². The Morgan fingerprint density at radius 2 is 2.17 bits per heavy atom. The molecule has 1 aromatic carbocycles. The quantitative estimate of drug-likeness (QED) is 0.909. The molecule has 0 amide bonds. The number of aromatic nitrogens is 1. The van der Waals surface area contributed by atoms with Crippen LogP contribution >= 0.6 is 0 Å². The summed E-state index contributed by atoms with van der Waals surface area (Å²) in [5, 5.41) is 3.62. The molecule has 0 radical (unpaired) electrons. The van der Waals surface area contributed by atoms with Gasteiger partial charge in [0.25, 0.3) is 0 Å². The molecule has 0 saturated carbocycles. The van der Waals surface area contributed by atoms with Gasteiger partial charge < -0.3 is 15.0 Å². The first-order valence-corrected chi connectivity index (χ1v) is 5.66. The first-order valence-electron chi connectivity index (χ1n) is 5.66. The van der Waals surface area contributed by atoms with Crippen molar-refractivity contribution >= 4 is 5.88 Å². The fourth-order valence-corrected chi connectivity index (χ4v) is 2.10. The Balaban J connectivity index is 2.75. The van der Waals surface area contributed by atoms with E-state index in [1.54, 1.807) is 6.92 Å². The van der Waals surface area contributed by atoms with Crippen LogP contribution in [0.15, 0.2) is 16.8 Å². The van der Waals surface area contributed by atoms with Gasteiger partial charge in [0, 0.05) is 11.1 Å². The molecule has 2 aromatic rings. The molecule has 2 N–H and O–H groups in total. The first-order chi connectivity index (χ1) is 8.60. The van der Waals surface area contributed by atoms with E-state index >= 15 is 0 Å². The molecule has 5 heteroatoms. The van der Waals surface area contributed by atoms with Crippen molar-refractivity contribution in [1.29, 1.82) is 0 Å². The van der Waals surface area contributed by atoms with Crippen LogP contribution in [0.4, 0.5) is 10.3 Å². The largest absolute Gasteiger partial charge is 0.496 e. The van der Waals surface area contributed by atoms with Gasteiger partial charge in [-0.25, -0.2) is 4.39 Å². The van der Waals surface area contributed by atoms with Gasteiger partial charge in [0.05, 0.1) is 18.9 Å². The highest BCUT2D eigenvalue weighted by Gasteiger charge is 2.19. The van der Waals surface area contributed by atoms with E-state index in [4.69, 9.17) is 15.0 Å². The van der Waals surface area contributed by atoms with Crippen LogP contribution in [0.5, 0.6) is 5.75 Å². The fourth-order valence-electron chi connectivity index (χ4n) is 2.10. The van der Waals surface area contributed by atoms with E-state index in [2.05, 4.69) is 5.16 Å². The van der Waals surface area contributed by atoms with Gasteiger partial charge >= 0.3 is 0 Å². The maximum atomic E-state index is 13.9. The molecule has 0 aliphatic heterocycles. The molecule has 2 rings (SSSR count). The van der Waals surface area contributed by atoms with E-state index in [0.717, 1.165) is 5.56 Å². The number of rotatable bonds is 3. The van der Waals surface area contributed by atoms with Crippen LogP contribution in [-0.2, 0) is 6.42 Å². The van der Waals surface area contributed by atoms with E-state index in [1.807, 2.05) is 6.92 Å². The first kappa shape index (κ1) is 12.4. The molecular weight excluding hydrogens is 235 g/mol. The summed E-state index contributed by atoms with van der Waals surface area (Å²) in [6.07, 6.45) is 2.18. The van der Waals surface area contributed by atoms with Gasteiger partial charge in [-0.3, -0.25) is 0 Å². The Morgan fingerprint density at radius 3 is 2.67 bits per heavy atom. The number of nitrogens with zero attached hydrogens (tertiary/aromatic N) is 1. The van der Waals surface area contributed by atoms with E-state index in [-0.39, 0.29) is 11.7 Å². The summed E-state index contributed by atoms with van der Waals surface area (Å²) < 4.78 is 24.0. The van der Waals surface area contributed by atoms with Crippen LogP contribution in [0.1, 0.15) is 18.1 Å². The zero-order valence-electron chi connectivity index (χ0n) is 10.6. The van der Waals surface area contributed by atoms with E-state index in [1.165, 1.54) is 19.4 Å². The molecule has 0 bridgehead atoms. The second kappa shape index (κ2) is 4.68. The fraction of sp³-hybridized carbons (Fsp3) is 0.308. The maximum absolute atomic E-state index is 13.9. The molecule has 18 heavy (non-hydrogen) atoms. The third-order valence-electron chi connectivity index (χ3n) is 3.02. The number of hydrogen-bond donors (Lipinski definition) is 1. The molecule has 4 nitrogen and oxygen atoms in total. The normalized spacial score (nSPS) is 10.7. The van der Waals surface area contributed by atoms with Crippen molar-refractivity contribution in [3.63, 3.8) is 0 Å². The number of halogens is 1. The maximum Gasteiger partial charge on any atom is 0.229 e. The number of hydrogen-bond acceptors (Lipinski definition) is 4. The average Bonchev–Trinajstić information content (AvgIpc) is 2.78. The van der Waals surface area contributed by atoms with E-state index < -0.39 is 0 Å². The Bertz CT molecular complexity index is 579. The molecule has 0 saturated heterocycles. The summed E-state index contributed by atoms with van der Waals surface area (Å²) in [6.45, 7) is 3.66. The summed E-state index contributed by atoms with van der Waals surface area (Å²) >= 11 is 0. The summed E-state index contributed by atoms with van der Waals surface area (Å²) in [5.41, 5.74) is 8.32. The van der Waals surface area contributed by atoms with Gasteiger partial charge in [-0.1, -0.05) is 12.1 Å². The lowest BCUT2D eigenvalue weighted by atomic mass is 9.96. The number of nitrogens with two attached hydrogens (primary N) is 1.